The van der Waals surface area contributed by atoms with Gasteiger partial charge in [0.2, 0.25) is 0 Å². The zero-order chi connectivity index (χ0) is 9.97. The SMILES string of the molecule is CCC(C)c1ccc2c(c1)C[CH-]CN2.[Rh]. The van der Waals surface area contributed by atoms with E-state index in [1.165, 1.54) is 23.2 Å². The molecule has 0 fully saturated rings. The average Bonchev–Trinajstić information content (AvgIpc) is 2.27. The van der Waals surface area contributed by atoms with E-state index in [2.05, 4.69) is 43.8 Å². The summed E-state index contributed by atoms with van der Waals surface area (Å²) in [6.45, 7) is 5.55. The molecule has 2 rings (SSSR count). The first-order chi connectivity index (χ1) is 6.81. The van der Waals surface area contributed by atoms with E-state index in [9.17, 15) is 0 Å². The van der Waals surface area contributed by atoms with Crippen LogP contribution < -0.4 is 5.32 Å². The Morgan fingerprint density at radius 1 is 1.47 bits per heavy atom. The van der Waals surface area contributed by atoms with Gasteiger partial charge in [0.25, 0.3) is 0 Å². The largest absolute Gasteiger partial charge is 0.415 e. The molecule has 85 valence electrons. The van der Waals surface area contributed by atoms with Crippen molar-refractivity contribution in [3.8, 4) is 0 Å². The van der Waals surface area contributed by atoms with E-state index >= 15 is 0 Å². The van der Waals surface area contributed by atoms with Crippen molar-refractivity contribution in [2.45, 2.75) is 32.6 Å². The summed E-state index contributed by atoms with van der Waals surface area (Å²) in [6.07, 6.45) is 4.63. The summed E-state index contributed by atoms with van der Waals surface area (Å²) in [5.74, 6) is 0.683. The third-order valence-electron chi connectivity index (χ3n) is 3.11. The third-order valence-corrected chi connectivity index (χ3v) is 3.11. The smallest absolute Gasteiger partial charge is 0.0322 e. The number of anilines is 1. The molecule has 0 aliphatic carbocycles. The predicted molar refractivity (Wildman–Crippen MR) is 61.6 cm³/mol. The second-order valence-corrected chi connectivity index (χ2v) is 4.10. The fraction of sp³-hybridized carbons (Fsp3) is 0.462. The minimum absolute atomic E-state index is 0. The van der Waals surface area contributed by atoms with E-state index in [1.807, 2.05) is 0 Å². The van der Waals surface area contributed by atoms with Crippen molar-refractivity contribution in [1.29, 1.82) is 0 Å². The molecule has 1 aromatic carbocycles. The molecule has 1 aromatic rings. The standard InChI is InChI=1S/C13H18N.Rh/c1-3-10(2)11-6-7-13-12(9-11)5-4-8-14-13;/h4,6-7,9-10,14H,3,5,8H2,1-2H3;/q-1;. The van der Waals surface area contributed by atoms with Crippen LogP contribution in [0, 0.1) is 6.42 Å². The van der Waals surface area contributed by atoms with Crippen LogP contribution >= 0.6 is 0 Å². The van der Waals surface area contributed by atoms with Crippen molar-refractivity contribution in [2.75, 3.05) is 11.9 Å². The zero-order valence-corrected chi connectivity index (χ0v) is 11.0. The van der Waals surface area contributed by atoms with Crippen LogP contribution in [0.4, 0.5) is 5.69 Å². The third kappa shape index (κ3) is 2.81. The first kappa shape index (κ1) is 12.7. The van der Waals surface area contributed by atoms with Gasteiger partial charge in [-0.25, -0.2) is 0 Å². The fourth-order valence-corrected chi connectivity index (χ4v) is 1.91. The van der Waals surface area contributed by atoms with Crippen LogP contribution in [0.3, 0.4) is 0 Å². The van der Waals surface area contributed by atoms with Gasteiger partial charge in [0.05, 0.1) is 0 Å². The van der Waals surface area contributed by atoms with Gasteiger partial charge in [-0.3, -0.25) is 0 Å². The van der Waals surface area contributed by atoms with E-state index < -0.39 is 0 Å². The quantitative estimate of drug-likeness (QED) is 0.650. The Bertz CT molecular complexity index is 322. The van der Waals surface area contributed by atoms with Gasteiger partial charge in [0.15, 0.2) is 0 Å². The Kier molecular flexibility index (Phi) is 4.79. The van der Waals surface area contributed by atoms with Crippen LogP contribution in [0.1, 0.15) is 37.3 Å². The minimum atomic E-state index is 0. The number of fused-ring (bicyclic) bond motifs is 1. The molecule has 1 unspecified atom stereocenters. The monoisotopic (exact) mass is 291 g/mol. The van der Waals surface area contributed by atoms with Crippen LogP contribution in [0.15, 0.2) is 18.2 Å². The van der Waals surface area contributed by atoms with E-state index in [-0.39, 0.29) is 19.5 Å². The van der Waals surface area contributed by atoms with Crippen molar-refractivity contribution in [1.82, 2.24) is 0 Å². The Hall–Kier alpha value is -0.357. The number of hydrogen-bond donors (Lipinski definition) is 1. The van der Waals surface area contributed by atoms with Gasteiger partial charge in [-0.05, 0) is 24.0 Å². The van der Waals surface area contributed by atoms with Crippen LogP contribution in [-0.4, -0.2) is 6.54 Å². The molecular formula is C13H18NRh-. The summed E-state index contributed by atoms with van der Waals surface area (Å²) in [4.78, 5) is 0. The Balaban J connectivity index is 0.00000112. The van der Waals surface area contributed by atoms with Gasteiger partial charge >= 0.3 is 0 Å². The average molecular weight is 291 g/mol. The van der Waals surface area contributed by atoms with Crippen molar-refractivity contribution < 1.29 is 19.5 Å². The molecule has 1 aliphatic rings. The van der Waals surface area contributed by atoms with Gasteiger partial charge in [-0.2, -0.15) is 0 Å². The topological polar surface area (TPSA) is 12.0 Å². The molecule has 1 atom stereocenters. The molecule has 0 saturated heterocycles. The molecule has 1 N–H and O–H groups in total. The van der Waals surface area contributed by atoms with E-state index in [0.717, 1.165) is 13.0 Å². The fourth-order valence-electron chi connectivity index (χ4n) is 1.91. The molecule has 0 bridgehead atoms. The maximum Gasteiger partial charge on any atom is 0.0322 e. The van der Waals surface area contributed by atoms with Gasteiger partial charge in [0.1, 0.15) is 0 Å². The summed E-state index contributed by atoms with van der Waals surface area (Å²) in [6, 6.07) is 6.83. The number of benzene rings is 1. The second kappa shape index (κ2) is 5.65. The predicted octanol–water partition coefficient (Wildman–Crippen LogP) is 3.37. The van der Waals surface area contributed by atoms with Crippen molar-refractivity contribution in [3.63, 3.8) is 0 Å². The maximum absolute atomic E-state index is 3.39. The summed E-state index contributed by atoms with van der Waals surface area (Å²) in [5, 5.41) is 3.39. The normalized spacial score (nSPS) is 15.9. The molecule has 0 saturated carbocycles. The Morgan fingerprint density at radius 3 is 3.00 bits per heavy atom. The van der Waals surface area contributed by atoms with Crippen LogP contribution in [-0.2, 0) is 25.9 Å². The molecule has 0 spiro atoms. The van der Waals surface area contributed by atoms with Gasteiger partial charge in [-0.1, -0.05) is 31.5 Å². The Morgan fingerprint density at radius 2 is 2.27 bits per heavy atom. The molecular weight excluding hydrogens is 273 g/mol. The summed E-state index contributed by atoms with van der Waals surface area (Å²) >= 11 is 0. The molecule has 0 amide bonds. The van der Waals surface area contributed by atoms with Crippen molar-refractivity contribution >= 4 is 5.69 Å². The molecule has 15 heavy (non-hydrogen) atoms. The van der Waals surface area contributed by atoms with Crippen molar-refractivity contribution in [3.05, 3.63) is 35.7 Å². The minimum Gasteiger partial charge on any atom is -0.415 e. The second-order valence-electron chi connectivity index (χ2n) is 4.10. The first-order valence-corrected chi connectivity index (χ1v) is 5.49. The molecule has 0 aromatic heterocycles. The van der Waals surface area contributed by atoms with E-state index in [0.29, 0.717) is 5.92 Å². The molecule has 1 radical (unpaired) electrons. The summed E-state index contributed by atoms with van der Waals surface area (Å²) in [5.41, 5.74) is 4.25. The summed E-state index contributed by atoms with van der Waals surface area (Å²) < 4.78 is 0. The van der Waals surface area contributed by atoms with Gasteiger partial charge in [-0.15, -0.1) is 13.0 Å². The molecule has 1 aliphatic heterocycles. The molecule has 2 heteroatoms. The van der Waals surface area contributed by atoms with Gasteiger partial charge in [0, 0.05) is 25.2 Å². The number of nitrogens with one attached hydrogen (secondary N) is 1. The maximum atomic E-state index is 3.39. The van der Waals surface area contributed by atoms with Crippen LogP contribution in [0.2, 0.25) is 0 Å². The number of rotatable bonds is 2. The van der Waals surface area contributed by atoms with Crippen LogP contribution in [0.5, 0.6) is 0 Å². The van der Waals surface area contributed by atoms with E-state index in [4.69, 9.17) is 0 Å². The molecule has 1 nitrogen and oxygen atoms in total. The zero-order valence-electron chi connectivity index (χ0n) is 9.34. The van der Waals surface area contributed by atoms with Crippen molar-refractivity contribution in [2.24, 2.45) is 0 Å². The molecule has 1 heterocycles. The van der Waals surface area contributed by atoms with E-state index in [1.54, 1.807) is 0 Å². The summed E-state index contributed by atoms with van der Waals surface area (Å²) in [7, 11) is 0. The number of hydrogen-bond acceptors (Lipinski definition) is 1. The van der Waals surface area contributed by atoms with Gasteiger partial charge < -0.3 is 11.7 Å². The first-order valence-electron chi connectivity index (χ1n) is 5.49. The van der Waals surface area contributed by atoms with Crippen LogP contribution in [0.25, 0.3) is 0 Å². The Labute approximate surface area is 105 Å².